The predicted octanol–water partition coefficient (Wildman–Crippen LogP) is 10.1. The second-order valence-electron chi connectivity index (χ2n) is 12.8. The number of ether oxygens (including phenoxy) is 2. The summed E-state index contributed by atoms with van der Waals surface area (Å²) in [6, 6.07) is 32.5. The van der Waals surface area contributed by atoms with Gasteiger partial charge >= 0.3 is 0 Å². The quantitative estimate of drug-likeness (QED) is 0.229. The third-order valence-corrected chi connectivity index (χ3v) is 9.03. The smallest absolute Gasteiger partial charge is 0.135 e. The van der Waals surface area contributed by atoms with E-state index in [1.165, 1.54) is 11.1 Å². The van der Waals surface area contributed by atoms with Crippen molar-refractivity contribution in [3.05, 3.63) is 166 Å². The second kappa shape index (κ2) is 12.0. The number of fused-ring (bicyclic) bond motifs is 2. The van der Waals surface area contributed by atoms with Crippen LogP contribution in [0.4, 0.5) is 0 Å². The van der Waals surface area contributed by atoms with Gasteiger partial charge in [-0.3, -0.25) is 0 Å². The summed E-state index contributed by atoms with van der Waals surface area (Å²) in [4.78, 5) is 0. The van der Waals surface area contributed by atoms with Gasteiger partial charge in [-0.2, -0.15) is 0 Å². The third-order valence-electron chi connectivity index (χ3n) is 9.03. The van der Waals surface area contributed by atoms with Crippen molar-refractivity contribution >= 4 is 22.7 Å². The molecule has 2 atom stereocenters. The van der Waals surface area contributed by atoms with E-state index in [9.17, 15) is 10.2 Å². The van der Waals surface area contributed by atoms with Gasteiger partial charge in [-0.25, -0.2) is 0 Å². The van der Waals surface area contributed by atoms with E-state index in [1.807, 2.05) is 97.1 Å². The van der Waals surface area contributed by atoms with Gasteiger partial charge in [-0.05, 0) is 76.6 Å². The number of hydrogen-bond acceptors (Lipinski definition) is 4. The molecule has 4 aromatic carbocycles. The first-order chi connectivity index (χ1) is 22.3. The highest BCUT2D eigenvalue weighted by Gasteiger charge is 2.38. The first kappa shape index (κ1) is 29.6. The first-order valence-electron chi connectivity index (χ1n) is 16.0. The van der Waals surface area contributed by atoms with Crippen molar-refractivity contribution in [3.63, 3.8) is 0 Å². The van der Waals surface area contributed by atoms with Crippen molar-refractivity contribution < 1.29 is 19.7 Å². The molecule has 0 saturated heterocycles. The lowest BCUT2D eigenvalue weighted by Gasteiger charge is -2.34. The zero-order valence-corrected chi connectivity index (χ0v) is 26.6. The molecule has 0 radical (unpaired) electrons. The Morgan fingerprint density at radius 2 is 1.11 bits per heavy atom. The van der Waals surface area contributed by atoms with Crippen LogP contribution in [0, 0.1) is 5.92 Å². The minimum absolute atomic E-state index is 0.165. The summed E-state index contributed by atoms with van der Waals surface area (Å²) >= 11 is 0. The van der Waals surface area contributed by atoms with Crippen LogP contribution in [-0.2, 0) is 0 Å². The van der Waals surface area contributed by atoms with Gasteiger partial charge in [-0.15, -0.1) is 0 Å². The molecule has 4 aromatic rings. The highest BCUT2D eigenvalue weighted by atomic mass is 16.5. The van der Waals surface area contributed by atoms with E-state index in [0.717, 1.165) is 56.4 Å². The van der Waals surface area contributed by atoms with Crippen LogP contribution in [0.5, 0.6) is 11.5 Å². The van der Waals surface area contributed by atoms with Crippen molar-refractivity contribution in [1.29, 1.82) is 0 Å². The molecule has 2 unspecified atom stereocenters. The number of allylic oxidation sites excluding steroid dienone is 4. The Bertz CT molecular complexity index is 1960. The summed E-state index contributed by atoms with van der Waals surface area (Å²) in [7, 11) is 0. The fourth-order valence-electron chi connectivity index (χ4n) is 6.20. The number of aliphatic hydroxyl groups is 2. The molecule has 4 heteroatoms. The highest BCUT2D eigenvalue weighted by molar-refractivity contribution is 5.91. The number of benzene rings is 4. The Balaban J connectivity index is 1.31. The first-order valence-corrected chi connectivity index (χ1v) is 16.0. The molecule has 7 rings (SSSR count). The molecule has 0 bridgehead atoms. The highest BCUT2D eigenvalue weighted by Crippen LogP contribution is 2.45. The summed E-state index contributed by atoms with van der Waals surface area (Å²) in [6.45, 7) is 8.66. The lowest BCUT2D eigenvalue weighted by Crippen LogP contribution is -2.34. The van der Waals surface area contributed by atoms with Crippen LogP contribution in [0.25, 0.3) is 22.7 Å². The van der Waals surface area contributed by atoms with Gasteiger partial charge < -0.3 is 19.7 Å². The molecule has 2 heterocycles. The number of aliphatic hydroxyl groups excluding tert-OH is 2. The zero-order valence-electron chi connectivity index (χ0n) is 26.6. The van der Waals surface area contributed by atoms with Crippen LogP contribution in [0.2, 0.25) is 0 Å². The normalized spacial score (nSPS) is 20.5. The van der Waals surface area contributed by atoms with E-state index in [-0.39, 0.29) is 5.76 Å². The van der Waals surface area contributed by atoms with Crippen LogP contribution >= 0.6 is 0 Å². The van der Waals surface area contributed by atoms with Crippen molar-refractivity contribution in [2.45, 2.75) is 45.6 Å². The Kier molecular flexibility index (Phi) is 7.75. The van der Waals surface area contributed by atoms with Crippen molar-refractivity contribution in [3.8, 4) is 11.5 Å². The molecule has 0 saturated carbocycles. The molecule has 2 aliphatic heterocycles. The number of rotatable bonds is 6. The largest absolute Gasteiger partial charge is 0.511 e. The van der Waals surface area contributed by atoms with Gasteiger partial charge in [0.25, 0.3) is 0 Å². The SMILES string of the molecule is CC(C)c1ccc2c(c1)/C(=C/C1=C(O)C(/C=C3\C=C(c4ccccc4)Oc4ccc(C(C)C)cc43)C1O)C=C(c1ccccc1)O2. The molecule has 0 fully saturated rings. The average molecular weight is 607 g/mol. The molecule has 230 valence electrons. The standard InChI is InChI=1S/C42H38O4/c1-25(2)29-15-17-37-33(19-29)31(23-39(45-37)27-11-7-5-8-12-27)21-35-41(43)36(42(35)44)22-32-24-40(28-13-9-6-10-14-28)46-38-18-16-30(26(3)4)20-34(32)38/h5-26,35,41,43-44H,1-4H3/b31-21+,32-22+. The molecule has 2 N–H and O–H groups in total. The molecule has 0 aromatic heterocycles. The molecular formula is C42H38O4. The van der Waals surface area contributed by atoms with Crippen molar-refractivity contribution in [2.75, 3.05) is 0 Å². The summed E-state index contributed by atoms with van der Waals surface area (Å²) < 4.78 is 12.7. The van der Waals surface area contributed by atoms with Crippen LogP contribution in [0.3, 0.4) is 0 Å². The fraction of sp³-hybridized carbons (Fsp3) is 0.190. The van der Waals surface area contributed by atoms with E-state index in [4.69, 9.17) is 9.47 Å². The fourth-order valence-corrected chi connectivity index (χ4v) is 6.20. The zero-order chi connectivity index (χ0) is 31.9. The van der Waals surface area contributed by atoms with E-state index in [0.29, 0.717) is 17.4 Å². The van der Waals surface area contributed by atoms with Gasteiger partial charge in [0, 0.05) is 27.8 Å². The maximum absolute atomic E-state index is 11.5. The molecule has 3 aliphatic rings. The minimum atomic E-state index is -0.874. The van der Waals surface area contributed by atoms with E-state index >= 15 is 0 Å². The van der Waals surface area contributed by atoms with Gasteiger partial charge in [-0.1, -0.05) is 107 Å². The molecule has 46 heavy (non-hydrogen) atoms. The average Bonchev–Trinajstić information content (AvgIpc) is 3.09. The Hall–Kier alpha value is -5.06. The molecule has 1 aliphatic carbocycles. The number of hydrogen-bond donors (Lipinski definition) is 2. The maximum Gasteiger partial charge on any atom is 0.135 e. The van der Waals surface area contributed by atoms with Crippen LogP contribution < -0.4 is 9.47 Å². The summed E-state index contributed by atoms with van der Waals surface area (Å²) in [5.74, 6) is 3.27. The lowest BCUT2D eigenvalue weighted by molar-refractivity contribution is 0.113. The summed E-state index contributed by atoms with van der Waals surface area (Å²) in [5.41, 5.74) is 8.52. The van der Waals surface area contributed by atoms with Gasteiger partial charge in [0.2, 0.25) is 0 Å². The third kappa shape index (κ3) is 5.50. The Morgan fingerprint density at radius 3 is 1.59 bits per heavy atom. The lowest BCUT2D eigenvalue weighted by atomic mass is 9.77. The molecule has 4 nitrogen and oxygen atoms in total. The van der Waals surface area contributed by atoms with Crippen molar-refractivity contribution in [1.82, 2.24) is 0 Å². The van der Waals surface area contributed by atoms with Gasteiger partial charge in [0.1, 0.15) is 28.8 Å². The van der Waals surface area contributed by atoms with Crippen LogP contribution in [-0.4, -0.2) is 16.3 Å². The topological polar surface area (TPSA) is 58.9 Å². The monoisotopic (exact) mass is 606 g/mol. The maximum atomic E-state index is 11.5. The van der Waals surface area contributed by atoms with Gasteiger partial charge in [0.15, 0.2) is 0 Å². The second-order valence-corrected chi connectivity index (χ2v) is 12.8. The summed E-state index contributed by atoms with van der Waals surface area (Å²) in [6.07, 6.45) is 7.01. The van der Waals surface area contributed by atoms with Crippen LogP contribution in [0.1, 0.15) is 72.9 Å². The van der Waals surface area contributed by atoms with E-state index in [2.05, 4.69) is 52.0 Å². The van der Waals surface area contributed by atoms with Crippen LogP contribution in [0.15, 0.2) is 133 Å². The predicted molar refractivity (Wildman–Crippen MR) is 186 cm³/mol. The Morgan fingerprint density at radius 1 is 0.630 bits per heavy atom. The molecular weight excluding hydrogens is 568 g/mol. The van der Waals surface area contributed by atoms with E-state index < -0.39 is 12.0 Å². The summed E-state index contributed by atoms with van der Waals surface area (Å²) in [5, 5.41) is 23.0. The Labute approximate surface area is 271 Å². The molecule has 0 spiro atoms. The van der Waals surface area contributed by atoms with Gasteiger partial charge in [0.05, 0.1) is 12.0 Å². The molecule has 0 amide bonds. The minimum Gasteiger partial charge on any atom is -0.511 e. The van der Waals surface area contributed by atoms with E-state index in [1.54, 1.807) is 0 Å². The van der Waals surface area contributed by atoms with Crippen molar-refractivity contribution in [2.24, 2.45) is 5.92 Å².